The Bertz CT molecular complexity index is 830. The van der Waals surface area contributed by atoms with Crippen LogP contribution >= 0.6 is 24.4 Å². The number of methoxy groups -OCH3 is 1. The van der Waals surface area contributed by atoms with Crippen LogP contribution in [0.4, 0.5) is 21.9 Å². The molecule has 27 heavy (non-hydrogen) atoms. The highest BCUT2D eigenvalue weighted by Crippen LogP contribution is 2.36. The fraction of sp³-hybridized carbons (Fsp3) is 0.222. The number of rotatable bonds is 6. The van der Waals surface area contributed by atoms with Crippen LogP contribution in [0, 0.1) is 0 Å². The van der Waals surface area contributed by atoms with E-state index in [0.717, 1.165) is 4.31 Å². The molecule has 0 unspecified atom stereocenters. The van der Waals surface area contributed by atoms with E-state index in [4.69, 9.17) is 21.1 Å². The zero-order valence-electron chi connectivity index (χ0n) is 15.1. The molecule has 2 N–H and O–H groups in total. The Kier molecular flexibility index (Phi) is 7.20. The van der Waals surface area contributed by atoms with Crippen molar-refractivity contribution in [3.8, 4) is 11.5 Å². The van der Waals surface area contributed by atoms with Gasteiger partial charge in [-0.25, -0.2) is 9.10 Å². The number of anilines is 3. The zero-order valence-corrected chi connectivity index (χ0v) is 16.7. The van der Waals surface area contributed by atoms with E-state index in [9.17, 15) is 9.59 Å². The predicted octanol–water partition coefficient (Wildman–Crippen LogP) is 4.59. The number of carbonyl (C=O) groups excluding carboxylic acids is 2. The molecule has 2 aromatic carbocycles. The number of urea groups is 1. The van der Waals surface area contributed by atoms with Gasteiger partial charge in [0.2, 0.25) is 5.91 Å². The van der Waals surface area contributed by atoms with E-state index in [1.165, 1.54) is 14.0 Å². The molecular weight excluding hydrogens is 390 g/mol. The molecule has 144 valence electrons. The van der Waals surface area contributed by atoms with Crippen molar-refractivity contribution >= 4 is 53.4 Å². The highest BCUT2D eigenvalue weighted by molar-refractivity contribution is 7.82. The van der Waals surface area contributed by atoms with Gasteiger partial charge in [-0.15, -0.1) is 0 Å². The first-order valence-electron chi connectivity index (χ1n) is 8.03. The lowest BCUT2D eigenvalue weighted by molar-refractivity contribution is -0.114. The number of carbonyl (C=O) groups is 2. The molecule has 2 rings (SSSR count). The summed E-state index contributed by atoms with van der Waals surface area (Å²) in [5, 5.41) is 5.69. The van der Waals surface area contributed by atoms with Crippen LogP contribution in [0.25, 0.3) is 0 Å². The number of hydrogen-bond acceptors (Lipinski definition) is 5. The van der Waals surface area contributed by atoms with Crippen LogP contribution in [0.2, 0.25) is 5.02 Å². The van der Waals surface area contributed by atoms with Gasteiger partial charge in [-0.2, -0.15) is 0 Å². The number of halogens is 1. The van der Waals surface area contributed by atoms with Gasteiger partial charge in [0.05, 0.1) is 30.1 Å². The molecular formula is C18H20ClN3O4S. The van der Waals surface area contributed by atoms with Gasteiger partial charge < -0.3 is 20.1 Å². The Morgan fingerprint density at radius 3 is 2.37 bits per heavy atom. The number of hydrogen-bond donors (Lipinski definition) is 3. The molecule has 0 radical (unpaired) electrons. The van der Waals surface area contributed by atoms with Gasteiger partial charge in [0.1, 0.15) is 11.5 Å². The highest BCUT2D eigenvalue weighted by Gasteiger charge is 2.17. The summed E-state index contributed by atoms with van der Waals surface area (Å²) in [6, 6.07) is 9.28. The summed E-state index contributed by atoms with van der Waals surface area (Å²) in [6.07, 6.45) is 0. The number of nitrogens with one attached hydrogen (secondary N) is 2. The van der Waals surface area contributed by atoms with E-state index in [-0.39, 0.29) is 5.91 Å². The van der Waals surface area contributed by atoms with Crippen molar-refractivity contribution in [1.29, 1.82) is 0 Å². The smallest absolute Gasteiger partial charge is 0.336 e. The maximum Gasteiger partial charge on any atom is 0.336 e. The molecule has 2 aromatic rings. The third-order valence-corrected chi connectivity index (χ3v) is 4.13. The molecule has 0 heterocycles. The van der Waals surface area contributed by atoms with Gasteiger partial charge in [0.15, 0.2) is 0 Å². The molecule has 0 saturated heterocycles. The number of benzene rings is 2. The average Bonchev–Trinajstić information content (AvgIpc) is 2.63. The Morgan fingerprint density at radius 1 is 1.15 bits per heavy atom. The minimum Gasteiger partial charge on any atom is -0.494 e. The second-order valence-corrected chi connectivity index (χ2v) is 6.19. The Hall–Kier alpha value is -2.58. The first-order valence-corrected chi connectivity index (χ1v) is 8.81. The first kappa shape index (κ1) is 20.7. The van der Waals surface area contributed by atoms with Crippen molar-refractivity contribution in [2.75, 3.05) is 28.7 Å². The summed E-state index contributed by atoms with van der Waals surface area (Å²) in [5.41, 5.74) is 1.51. The van der Waals surface area contributed by atoms with E-state index in [1.54, 1.807) is 36.4 Å². The van der Waals surface area contributed by atoms with Gasteiger partial charge in [-0.3, -0.25) is 4.79 Å². The normalized spacial score (nSPS) is 10.1. The van der Waals surface area contributed by atoms with E-state index < -0.39 is 6.03 Å². The standard InChI is InChI=1S/C18H20ClN3O4S/c1-4-26-16-10-17(25-3)15(9-14(16)19)21-18(24)22(27)13-7-5-12(6-8-13)20-11(2)23/h5-10,27H,4H2,1-3H3,(H,20,23)(H,21,24). The second-order valence-electron chi connectivity index (χ2n) is 5.39. The van der Waals surface area contributed by atoms with Gasteiger partial charge in [-0.05, 0) is 37.3 Å². The summed E-state index contributed by atoms with van der Waals surface area (Å²) >= 11 is 10.4. The van der Waals surface area contributed by atoms with Crippen LogP contribution in [0.5, 0.6) is 11.5 Å². The third-order valence-electron chi connectivity index (χ3n) is 3.42. The molecule has 0 aromatic heterocycles. The second kappa shape index (κ2) is 9.38. The molecule has 0 saturated carbocycles. The zero-order chi connectivity index (χ0) is 20.0. The van der Waals surface area contributed by atoms with Crippen molar-refractivity contribution in [3.05, 3.63) is 41.4 Å². The third kappa shape index (κ3) is 5.45. The summed E-state index contributed by atoms with van der Waals surface area (Å²) in [4.78, 5) is 23.6. The minimum absolute atomic E-state index is 0.178. The minimum atomic E-state index is -0.510. The molecule has 0 fully saturated rings. The van der Waals surface area contributed by atoms with E-state index >= 15 is 0 Å². The fourth-order valence-corrected chi connectivity index (χ4v) is 2.64. The summed E-state index contributed by atoms with van der Waals surface area (Å²) < 4.78 is 11.8. The van der Waals surface area contributed by atoms with E-state index in [2.05, 4.69) is 23.4 Å². The largest absolute Gasteiger partial charge is 0.494 e. The molecule has 3 amide bonds. The number of nitrogens with zero attached hydrogens (tertiary/aromatic N) is 1. The molecule has 0 aliphatic heterocycles. The van der Waals surface area contributed by atoms with Crippen molar-refractivity contribution in [2.45, 2.75) is 13.8 Å². The predicted molar refractivity (Wildman–Crippen MR) is 110 cm³/mol. The molecule has 0 aliphatic carbocycles. The summed E-state index contributed by atoms with van der Waals surface area (Å²) in [5.74, 6) is 0.687. The molecule has 0 aliphatic rings. The topological polar surface area (TPSA) is 79.9 Å². The molecule has 0 bridgehead atoms. The van der Waals surface area contributed by atoms with Crippen LogP contribution in [0.3, 0.4) is 0 Å². The van der Waals surface area contributed by atoms with Gasteiger partial charge >= 0.3 is 6.03 Å². The Labute approximate surface area is 168 Å². The summed E-state index contributed by atoms with van der Waals surface area (Å²) in [7, 11) is 1.48. The molecule has 0 atom stereocenters. The van der Waals surface area contributed by atoms with E-state index in [0.29, 0.717) is 40.2 Å². The molecule has 7 nitrogen and oxygen atoms in total. The average molecular weight is 410 g/mol. The number of thiol groups is 1. The van der Waals surface area contributed by atoms with Crippen molar-refractivity contribution in [3.63, 3.8) is 0 Å². The van der Waals surface area contributed by atoms with Gasteiger partial charge in [-0.1, -0.05) is 24.4 Å². The van der Waals surface area contributed by atoms with Gasteiger partial charge in [0.25, 0.3) is 0 Å². The van der Waals surface area contributed by atoms with Crippen molar-refractivity contribution in [2.24, 2.45) is 0 Å². The number of amides is 3. The fourth-order valence-electron chi connectivity index (χ4n) is 2.24. The lowest BCUT2D eigenvalue weighted by Crippen LogP contribution is -2.27. The quantitative estimate of drug-likeness (QED) is 0.609. The molecule has 0 spiro atoms. The van der Waals surface area contributed by atoms with Crippen LogP contribution in [-0.2, 0) is 4.79 Å². The van der Waals surface area contributed by atoms with Crippen molar-refractivity contribution < 1.29 is 19.1 Å². The summed E-state index contributed by atoms with van der Waals surface area (Å²) in [6.45, 7) is 3.71. The highest BCUT2D eigenvalue weighted by atomic mass is 35.5. The van der Waals surface area contributed by atoms with Crippen LogP contribution in [0.1, 0.15) is 13.8 Å². The lowest BCUT2D eigenvalue weighted by Gasteiger charge is -2.19. The maximum absolute atomic E-state index is 12.5. The lowest BCUT2D eigenvalue weighted by atomic mass is 10.2. The van der Waals surface area contributed by atoms with Crippen LogP contribution in [-0.4, -0.2) is 25.7 Å². The monoisotopic (exact) mass is 409 g/mol. The molecule has 9 heteroatoms. The van der Waals surface area contributed by atoms with Crippen LogP contribution in [0.15, 0.2) is 36.4 Å². The van der Waals surface area contributed by atoms with E-state index in [1.807, 2.05) is 6.92 Å². The Balaban J connectivity index is 2.16. The number of ether oxygens (including phenoxy) is 2. The van der Waals surface area contributed by atoms with Crippen LogP contribution < -0.4 is 24.4 Å². The van der Waals surface area contributed by atoms with Crippen molar-refractivity contribution in [1.82, 2.24) is 0 Å². The Morgan fingerprint density at radius 2 is 1.81 bits per heavy atom. The van der Waals surface area contributed by atoms with Gasteiger partial charge in [0, 0.05) is 18.7 Å². The SMILES string of the molecule is CCOc1cc(OC)c(NC(=O)N(S)c2ccc(NC(C)=O)cc2)cc1Cl. The maximum atomic E-state index is 12.5. The first-order chi connectivity index (χ1) is 12.8.